The van der Waals surface area contributed by atoms with Gasteiger partial charge in [-0.25, -0.2) is 9.37 Å². The number of thiophene rings is 1. The average Bonchev–Trinajstić information content (AvgIpc) is 2.98. The van der Waals surface area contributed by atoms with Gasteiger partial charge in [0.25, 0.3) is 0 Å². The third kappa shape index (κ3) is 2.30. The van der Waals surface area contributed by atoms with E-state index in [1.807, 2.05) is 21.4 Å². The van der Waals surface area contributed by atoms with Crippen molar-refractivity contribution in [3.8, 4) is 5.69 Å². The zero-order chi connectivity index (χ0) is 13.4. The van der Waals surface area contributed by atoms with Crippen molar-refractivity contribution in [3.63, 3.8) is 0 Å². The summed E-state index contributed by atoms with van der Waals surface area (Å²) in [6, 6.07) is 5.22. The SMILES string of the molecule is Fc1cc2nc(CCCl)n(-c3ccsc3)c2cc1Br. The number of imidazole rings is 1. The molecule has 0 fully saturated rings. The van der Waals surface area contributed by atoms with Gasteiger partial charge in [0.2, 0.25) is 0 Å². The quantitative estimate of drug-likeness (QED) is 0.616. The minimum Gasteiger partial charge on any atom is -0.295 e. The van der Waals surface area contributed by atoms with E-state index < -0.39 is 0 Å². The molecule has 3 rings (SSSR count). The highest BCUT2D eigenvalue weighted by Gasteiger charge is 2.14. The normalized spacial score (nSPS) is 11.3. The van der Waals surface area contributed by atoms with Crippen LogP contribution in [-0.2, 0) is 6.42 Å². The molecule has 0 saturated heterocycles. The first kappa shape index (κ1) is 13.1. The monoisotopic (exact) mass is 358 g/mol. The summed E-state index contributed by atoms with van der Waals surface area (Å²) in [5.41, 5.74) is 2.56. The number of hydrogen-bond donors (Lipinski definition) is 0. The summed E-state index contributed by atoms with van der Waals surface area (Å²) < 4.78 is 16.1. The molecule has 0 aliphatic rings. The fourth-order valence-electron chi connectivity index (χ4n) is 2.05. The highest BCUT2D eigenvalue weighted by atomic mass is 79.9. The molecule has 0 aliphatic heterocycles. The van der Waals surface area contributed by atoms with Crippen LogP contribution < -0.4 is 0 Å². The molecule has 2 heterocycles. The number of aromatic nitrogens is 2. The number of fused-ring (bicyclic) bond motifs is 1. The highest BCUT2D eigenvalue weighted by molar-refractivity contribution is 9.10. The molecule has 0 atom stereocenters. The molecule has 6 heteroatoms. The first-order valence-corrected chi connectivity index (χ1v) is 7.92. The Morgan fingerprint density at radius 3 is 2.95 bits per heavy atom. The Labute approximate surface area is 127 Å². The molecule has 3 aromatic rings. The van der Waals surface area contributed by atoms with Crippen molar-refractivity contribution in [2.75, 3.05) is 5.88 Å². The molecule has 1 aromatic carbocycles. The van der Waals surface area contributed by atoms with E-state index in [1.54, 1.807) is 17.4 Å². The molecular formula is C13H9BrClFN2S. The fourth-order valence-corrected chi connectivity index (χ4v) is 3.17. The number of hydrogen-bond acceptors (Lipinski definition) is 2. The largest absolute Gasteiger partial charge is 0.295 e. The molecule has 19 heavy (non-hydrogen) atoms. The Hall–Kier alpha value is -0.910. The van der Waals surface area contributed by atoms with E-state index in [-0.39, 0.29) is 5.82 Å². The summed E-state index contributed by atoms with van der Waals surface area (Å²) >= 11 is 10.7. The van der Waals surface area contributed by atoms with Gasteiger partial charge in [0, 0.05) is 23.7 Å². The smallest absolute Gasteiger partial charge is 0.139 e. The maximum absolute atomic E-state index is 13.6. The van der Waals surface area contributed by atoms with Gasteiger partial charge in [0.05, 0.1) is 21.2 Å². The van der Waals surface area contributed by atoms with Crippen molar-refractivity contribution in [2.24, 2.45) is 0 Å². The van der Waals surface area contributed by atoms with E-state index in [4.69, 9.17) is 11.6 Å². The zero-order valence-electron chi connectivity index (χ0n) is 9.74. The third-order valence-electron chi connectivity index (χ3n) is 2.85. The average molecular weight is 360 g/mol. The van der Waals surface area contributed by atoms with Crippen molar-refractivity contribution in [2.45, 2.75) is 6.42 Å². The lowest BCUT2D eigenvalue weighted by atomic mass is 10.3. The molecule has 0 unspecified atom stereocenters. The van der Waals surface area contributed by atoms with Crippen LogP contribution in [0.2, 0.25) is 0 Å². The van der Waals surface area contributed by atoms with Gasteiger partial charge < -0.3 is 0 Å². The van der Waals surface area contributed by atoms with Crippen LogP contribution >= 0.6 is 38.9 Å². The van der Waals surface area contributed by atoms with E-state index in [2.05, 4.69) is 20.9 Å². The summed E-state index contributed by atoms with van der Waals surface area (Å²) in [4.78, 5) is 4.48. The lowest BCUT2D eigenvalue weighted by Gasteiger charge is -2.06. The van der Waals surface area contributed by atoms with Crippen LogP contribution in [0.4, 0.5) is 4.39 Å². The van der Waals surface area contributed by atoms with E-state index in [0.717, 1.165) is 17.0 Å². The van der Waals surface area contributed by atoms with Crippen molar-refractivity contribution < 1.29 is 4.39 Å². The second kappa shape index (κ2) is 5.23. The van der Waals surface area contributed by atoms with Crippen LogP contribution in [0.1, 0.15) is 5.82 Å². The minimum atomic E-state index is -0.306. The maximum Gasteiger partial charge on any atom is 0.139 e. The number of alkyl halides is 1. The van der Waals surface area contributed by atoms with Gasteiger partial charge in [-0.15, -0.1) is 11.6 Å². The standard InChI is InChI=1S/C13H9BrClFN2S/c14-9-5-12-11(6-10(9)16)17-13(1-3-15)18(12)8-2-4-19-7-8/h2,4-7H,1,3H2. The van der Waals surface area contributed by atoms with E-state index in [9.17, 15) is 4.39 Å². The molecule has 0 saturated carbocycles. The summed E-state index contributed by atoms with van der Waals surface area (Å²) in [7, 11) is 0. The van der Waals surface area contributed by atoms with Gasteiger partial charge in [-0.2, -0.15) is 11.3 Å². The molecule has 0 amide bonds. The highest BCUT2D eigenvalue weighted by Crippen LogP contribution is 2.28. The first-order valence-electron chi connectivity index (χ1n) is 5.65. The number of nitrogens with zero attached hydrogens (tertiary/aromatic N) is 2. The van der Waals surface area contributed by atoms with E-state index >= 15 is 0 Å². The summed E-state index contributed by atoms with van der Waals surface area (Å²) in [6.45, 7) is 0. The second-order valence-electron chi connectivity index (χ2n) is 4.04. The van der Waals surface area contributed by atoms with Crippen LogP contribution in [0.3, 0.4) is 0 Å². The molecule has 0 N–H and O–H groups in total. The molecule has 2 aromatic heterocycles. The fraction of sp³-hybridized carbons (Fsp3) is 0.154. The van der Waals surface area contributed by atoms with E-state index in [0.29, 0.717) is 22.3 Å². The van der Waals surface area contributed by atoms with Crippen LogP contribution in [0.25, 0.3) is 16.7 Å². The molecule has 98 valence electrons. The third-order valence-corrected chi connectivity index (χ3v) is 4.32. The van der Waals surface area contributed by atoms with Crippen LogP contribution in [0.5, 0.6) is 0 Å². The number of halogens is 3. The summed E-state index contributed by atoms with van der Waals surface area (Å²) in [6.07, 6.45) is 0.644. The number of benzene rings is 1. The zero-order valence-corrected chi connectivity index (χ0v) is 12.9. The van der Waals surface area contributed by atoms with Gasteiger partial charge in [-0.05, 0) is 33.4 Å². The Bertz CT molecular complexity index is 724. The van der Waals surface area contributed by atoms with Crippen LogP contribution in [-0.4, -0.2) is 15.4 Å². The lowest BCUT2D eigenvalue weighted by Crippen LogP contribution is -2.00. The first-order chi connectivity index (χ1) is 9.20. The van der Waals surface area contributed by atoms with Crippen molar-refractivity contribution in [1.29, 1.82) is 0 Å². The van der Waals surface area contributed by atoms with Gasteiger partial charge in [0.1, 0.15) is 11.6 Å². The maximum atomic E-state index is 13.6. The van der Waals surface area contributed by atoms with E-state index in [1.165, 1.54) is 6.07 Å². The molecular weight excluding hydrogens is 351 g/mol. The minimum absolute atomic E-state index is 0.306. The number of rotatable bonds is 3. The number of aryl methyl sites for hydroxylation is 1. The predicted molar refractivity (Wildman–Crippen MR) is 81.0 cm³/mol. The topological polar surface area (TPSA) is 17.8 Å². The Morgan fingerprint density at radius 1 is 1.42 bits per heavy atom. The van der Waals surface area contributed by atoms with Crippen molar-refractivity contribution in [3.05, 3.63) is 45.1 Å². The Balaban J connectivity index is 2.32. The molecule has 0 spiro atoms. The lowest BCUT2D eigenvalue weighted by molar-refractivity contribution is 0.623. The molecule has 2 nitrogen and oxygen atoms in total. The van der Waals surface area contributed by atoms with Gasteiger partial charge in [0.15, 0.2) is 0 Å². The van der Waals surface area contributed by atoms with Gasteiger partial charge >= 0.3 is 0 Å². The van der Waals surface area contributed by atoms with Gasteiger partial charge in [-0.3, -0.25) is 4.57 Å². The Morgan fingerprint density at radius 2 is 2.26 bits per heavy atom. The van der Waals surface area contributed by atoms with Crippen molar-refractivity contribution >= 4 is 49.9 Å². The predicted octanol–water partition coefficient (Wildman–Crippen LogP) is 4.77. The van der Waals surface area contributed by atoms with Gasteiger partial charge in [-0.1, -0.05) is 0 Å². The second-order valence-corrected chi connectivity index (χ2v) is 6.05. The van der Waals surface area contributed by atoms with Crippen LogP contribution in [0, 0.1) is 5.82 Å². The Kier molecular flexibility index (Phi) is 3.60. The molecule has 0 aliphatic carbocycles. The summed E-state index contributed by atoms with van der Waals surface area (Å²) in [5, 5.41) is 4.04. The molecule has 0 radical (unpaired) electrons. The summed E-state index contributed by atoms with van der Waals surface area (Å²) in [5.74, 6) is 1.03. The van der Waals surface area contributed by atoms with Crippen LogP contribution in [0.15, 0.2) is 33.4 Å². The molecule has 0 bridgehead atoms. The van der Waals surface area contributed by atoms with Crippen molar-refractivity contribution in [1.82, 2.24) is 9.55 Å².